The minimum Gasteiger partial charge on any atom is -0.355 e. The van der Waals surface area contributed by atoms with Crippen molar-refractivity contribution >= 4 is 21.1 Å². The van der Waals surface area contributed by atoms with E-state index in [0.29, 0.717) is 15.2 Å². The number of fused-ring (bicyclic) bond motifs is 2. The second-order valence-corrected chi connectivity index (χ2v) is 8.74. The highest BCUT2D eigenvalue weighted by molar-refractivity contribution is 7.89. The van der Waals surface area contributed by atoms with Crippen LogP contribution in [0.2, 0.25) is 0 Å². The van der Waals surface area contributed by atoms with E-state index in [1.165, 1.54) is 7.11 Å². The lowest BCUT2D eigenvalue weighted by atomic mass is 10.1. The van der Waals surface area contributed by atoms with Crippen molar-refractivity contribution in [1.82, 2.24) is 14.4 Å². The van der Waals surface area contributed by atoms with E-state index in [-0.39, 0.29) is 6.79 Å². The van der Waals surface area contributed by atoms with E-state index in [1.807, 2.05) is 0 Å². The molecule has 0 aliphatic carbocycles. The smallest absolute Gasteiger partial charge is 0.272 e. The highest BCUT2D eigenvalue weighted by atomic mass is 32.2. The molecule has 2 aromatic rings. The summed E-state index contributed by atoms with van der Waals surface area (Å²) in [5, 5.41) is 8.06. The third-order valence-electron chi connectivity index (χ3n) is 4.32. The number of nitrogens with zero attached hydrogens (tertiary/aromatic N) is 3. The molecule has 2 fully saturated rings. The largest absolute Gasteiger partial charge is 0.355 e. The number of hydrogen-bond donors (Lipinski definition) is 0. The van der Waals surface area contributed by atoms with Gasteiger partial charge >= 0.3 is 0 Å². The number of rotatable bonds is 7. The summed E-state index contributed by atoms with van der Waals surface area (Å²) in [4.78, 5) is 10.3. The van der Waals surface area contributed by atoms with Crippen molar-refractivity contribution in [2.24, 2.45) is 0 Å². The van der Waals surface area contributed by atoms with Crippen LogP contribution < -0.4 is 0 Å². The van der Waals surface area contributed by atoms with Gasteiger partial charge < -0.3 is 18.9 Å². The van der Waals surface area contributed by atoms with Crippen molar-refractivity contribution in [3.8, 4) is 0 Å². The van der Waals surface area contributed by atoms with E-state index in [0.717, 1.165) is 0 Å². The predicted molar refractivity (Wildman–Crippen MR) is 93.2 cm³/mol. The van der Waals surface area contributed by atoms with Crippen LogP contribution in [-0.2, 0) is 38.7 Å². The van der Waals surface area contributed by atoms with E-state index >= 15 is 0 Å². The van der Waals surface area contributed by atoms with Crippen LogP contribution in [0.15, 0.2) is 24.3 Å². The number of benzene rings is 1. The van der Waals surface area contributed by atoms with Crippen molar-refractivity contribution in [3.63, 3.8) is 0 Å². The maximum absolute atomic E-state index is 12.8. The first-order valence-electron chi connectivity index (χ1n) is 8.63. The summed E-state index contributed by atoms with van der Waals surface area (Å²) >= 11 is 0. The Balaban J connectivity index is 1.54. The topological polar surface area (TPSA) is 120 Å². The van der Waals surface area contributed by atoms with E-state index in [1.54, 1.807) is 38.1 Å². The molecule has 0 spiro atoms. The fourth-order valence-corrected chi connectivity index (χ4v) is 4.43. The van der Waals surface area contributed by atoms with Gasteiger partial charge in [0.15, 0.2) is 25.0 Å². The molecule has 0 radical (unpaired) electrons. The SMILES string of the molecule is COCOO[C@@H]1[C@H]2OC(C)(C)O[C@H]2O[C@@H]1CS(=O)(=O)n1nc2ccccc2n1. The molecule has 2 aliphatic rings. The van der Waals surface area contributed by atoms with Crippen LogP contribution in [0.1, 0.15) is 13.8 Å². The molecule has 1 aromatic heterocycles. The summed E-state index contributed by atoms with van der Waals surface area (Å²) < 4.78 is 48.4. The molecule has 0 saturated carbocycles. The zero-order valence-corrected chi connectivity index (χ0v) is 16.4. The molecule has 11 nitrogen and oxygen atoms in total. The van der Waals surface area contributed by atoms with Crippen LogP contribution in [0, 0.1) is 0 Å². The molecule has 4 rings (SSSR count). The summed E-state index contributed by atoms with van der Waals surface area (Å²) in [5.74, 6) is -1.33. The van der Waals surface area contributed by atoms with Crippen LogP contribution in [-0.4, -0.2) is 72.9 Å². The second-order valence-electron chi connectivity index (χ2n) is 6.92. The molecule has 0 unspecified atom stereocenters. The van der Waals surface area contributed by atoms with Crippen LogP contribution in [0.25, 0.3) is 11.0 Å². The van der Waals surface area contributed by atoms with E-state index in [9.17, 15) is 8.42 Å². The predicted octanol–water partition coefficient (Wildman–Crippen LogP) is 0.406. The van der Waals surface area contributed by atoms with Gasteiger partial charge in [0, 0.05) is 7.11 Å². The maximum Gasteiger partial charge on any atom is 0.272 e. The number of methoxy groups -OCH3 is 1. The summed E-state index contributed by atoms with van der Waals surface area (Å²) in [6.45, 7) is 3.32. The van der Waals surface area contributed by atoms with Gasteiger partial charge in [0.1, 0.15) is 29.0 Å². The van der Waals surface area contributed by atoms with Gasteiger partial charge in [-0.1, -0.05) is 16.3 Å². The third kappa shape index (κ3) is 3.76. The molecule has 0 amide bonds. The Labute approximate surface area is 161 Å². The fourth-order valence-electron chi connectivity index (χ4n) is 3.19. The van der Waals surface area contributed by atoms with E-state index < -0.39 is 46.2 Å². The molecule has 4 atom stereocenters. The minimum absolute atomic E-state index is 0.135. The van der Waals surface area contributed by atoms with Crippen molar-refractivity contribution in [2.75, 3.05) is 19.7 Å². The maximum atomic E-state index is 12.8. The number of ether oxygens (including phenoxy) is 4. The highest BCUT2D eigenvalue weighted by Crippen LogP contribution is 2.39. The second kappa shape index (κ2) is 7.30. The van der Waals surface area contributed by atoms with Crippen molar-refractivity contribution in [3.05, 3.63) is 24.3 Å². The van der Waals surface area contributed by atoms with Crippen LogP contribution in [0.5, 0.6) is 0 Å². The molecule has 0 N–H and O–H groups in total. The molecule has 12 heteroatoms. The van der Waals surface area contributed by atoms with Gasteiger partial charge in [-0.05, 0) is 26.0 Å². The molecular weight excluding hydrogens is 394 g/mol. The lowest BCUT2D eigenvalue weighted by Crippen LogP contribution is -2.41. The highest BCUT2D eigenvalue weighted by Gasteiger charge is 2.57. The third-order valence-corrected chi connectivity index (χ3v) is 5.74. The minimum atomic E-state index is -3.94. The fraction of sp³-hybridized carbons (Fsp3) is 0.625. The summed E-state index contributed by atoms with van der Waals surface area (Å²) in [6, 6.07) is 6.86. The van der Waals surface area contributed by atoms with E-state index in [2.05, 4.69) is 10.2 Å². The lowest BCUT2D eigenvalue weighted by Gasteiger charge is -2.24. The van der Waals surface area contributed by atoms with Crippen LogP contribution in [0.4, 0.5) is 0 Å². The molecule has 0 bridgehead atoms. The van der Waals surface area contributed by atoms with Crippen molar-refractivity contribution in [2.45, 2.75) is 44.2 Å². The van der Waals surface area contributed by atoms with Gasteiger partial charge in [0.25, 0.3) is 10.0 Å². The zero-order valence-electron chi connectivity index (χ0n) is 15.5. The standard InChI is InChI=1S/C16H21N3O8S/c1-16(2)25-14-13(27-23-9-22-3)12(24-15(14)26-16)8-28(20,21)19-17-10-6-4-5-7-11(10)18-19/h4-7,12-15H,8-9H2,1-3H3/t12-,13+,14-,15-/m1/s1. The van der Waals surface area contributed by atoms with Crippen LogP contribution >= 0.6 is 0 Å². The first-order chi connectivity index (χ1) is 13.3. The van der Waals surface area contributed by atoms with Crippen LogP contribution in [0.3, 0.4) is 0 Å². The molecule has 28 heavy (non-hydrogen) atoms. The van der Waals surface area contributed by atoms with Gasteiger partial charge in [0.2, 0.25) is 0 Å². The molecule has 2 aliphatic heterocycles. The van der Waals surface area contributed by atoms with Gasteiger partial charge in [-0.15, -0.1) is 10.2 Å². The average molecular weight is 415 g/mol. The first kappa shape index (κ1) is 19.6. The Hall–Kier alpha value is -1.67. The van der Waals surface area contributed by atoms with Gasteiger partial charge in [-0.3, -0.25) is 0 Å². The van der Waals surface area contributed by atoms with Gasteiger partial charge in [-0.25, -0.2) is 18.2 Å². The van der Waals surface area contributed by atoms with E-state index in [4.69, 9.17) is 28.7 Å². The molecule has 154 valence electrons. The van der Waals surface area contributed by atoms with Gasteiger partial charge in [0.05, 0.1) is 0 Å². The Morgan fingerprint density at radius 3 is 2.50 bits per heavy atom. The quantitative estimate of drug-likeness (QED) is 0.272. The van der Waals surface area contributed by atoms with Crippen molar-refractivity contribution in [1.29, 1.82) is 0 Å². The normalized spacial score (nSPS) is 29.4. The Morgan fingerprint density at radius 1 is 1.18 bits per heavy atom. The Kier molecular flexibility index (Phi) is 5.12. The molecule has 1 aromatic carbocycles. The Morgan fingerprint density at radius 2 is 1.86 bits per heavy atom. The number of hydrogen-bond acceptors (Lipinski definition) is 10. The molecule has 3 heterocycles. The zero-order chi connectivity index (χ0) is 19.9. The van der Waals surface area contributed by atoms with Gasteiger partial charge in [-0.2, -0.15) is 0 Å². The lowest BCUT2D eigenvalue weighted by molar-refractivity contribution is -0.373. The first-order valence-corrected chi connectivity index (χ1v) is 10.2. The summed E-state index contributed by atoms with van der Waals surface area (Å²) in [5.41, 5.74) is 0.944. The summed E-state index contributed by atoms with van der Waals surface area (Å²) in [7, 11) is -2.50. The van der Waals surface area contributed by atoms with Crippen molar-refractivity contribution < 1.29 is 37.1 Å². The Bertz CT molecular complexity index is 913. The number of aromatic nitrogens is 3. The monoisotopic (exact) mass is 415 g/mol. The molecule has 2 saturated heterocycles. The summed E-state index contributed by atoms with van der Waals surface area (Å²) in [6.07, 6.45) is -3.20. The average Bonchev–Trinajstić information content (AvgIpc) is 3.26. The molecular formula is C16H21N3O8S.